The third-order valence-electron chi connectivity index (χ3n) is 3.38. The fourth-order valence-corrected chi connectivity index (χ4v) is 2.63. The summed E-state index contributed by atoms with van der Waals surface area (Å²) < 4.78 is 13.8. The van der Waals surface area contributed by atoms with Crippen molar-refractivity contribution in [1.82, 2.24) is 9.97 Å². The molecule has 0 aliphatic heterocycles. The topological polar surface area (TPSA) is 49.8 Å². The normalized spacial score (nSPS) is 11.4. The molecule has 1 heterocycles. The van der Waals surface area contributed by atoms with Gasteiger partial charge in [0, 0.05) is 17.8 Å². The Morgan fingerprint density at radius 2 is 1.95 bits per heavy atom. The van der Waals surface area contributed by atoms with Crippen LogP contribution in [0.1, 0.15) is 33.6 Å². The molecule has 2 N–H and O–H groups in total. The number of aromatic nitrogens is 2. The molecule has 0 bridgehead atoms. The van der Waals surface area contributed by atoms with E-state index in [2.05, 4.69) is 40.7 Å². The molecule has 1 aromatic heterocycles. The molecule has 19 heavy (non-hydrogen) atoms. The number of rotatable bonds is 8. The summed E-state index contributed by atoms with van der Waals surface area (Å²) in [4.78, 5) is 8.04. The monoisotopic (exact) mass is 286 g/mol. The first kappa shape index (κ1) is 16.0. The Morgan fingerprint density at radius 1 is 1.26 bits per heavy atom. The van der Waals surface area contributed by atoms with Crippen LogP contribution in [-0.2, 0) is 0 Å². The van der Waals surface area contributed by atoms with Crippen molar-refractivity contribution in [3.8, 4) is 0 Å². The van der Waals surface area contributed by atoms with E-state index < -0.39 is 5.82 Å². The first-order chi connectivity index (χ1) is 9.10. The molecule has 0 atom stereocenters. The third-order valence-corrected chi connectivity index (χ3v) is 4.97. The molecule has 0 aromatic carbocycles. The summed E-state index contributed by atoms with van der Waals surface area (Å²) in [6.45, 7) is 7.67. The number of nitrogens with one attached hydrogen (secondary N) is 2. The average molecular weight is 286 g/mol. The number of halogens is 1. The summed E-state index contributed by atoms with van der Waals surface area (Å²) in [5.41, 5.74) is 0. The zero-order valence-electron chi connectivity index (χ0n) is 12.1. The highest BCUT2D eigenvalue weighted by atomic mass is 32.2. The molecule has 0 saturated heterocycles. The van der Waals surface area contributed by atoms with E-state index in [0.717, 1.165) is 12.8 Å². The highest BCUT2D eigenvalue weighted by Crippen LogP contribution is 2.30. The Bertz CT molecular complexity index is 388. The van der Waals surface area contributed by atoms with E-state index in [9.17, 15) is 4.39 Å². The SMILES string of the molecule is CCNc1ncc(F)c(NCC(CC)(CC)SC)n1. The van der Waals surface area contributed by atoms with Crippen molar-refractivity contribution in [2.24, 2.45) is 0 Å². The van der Waals surface area contributed by atoms with Crippen molar-refractivity contribution >= 4 is 23.5 Å². The zero-order valence-corrected chi connectivity index (χ0v) is 12.9. The number of anilines is 2. The summed E-state index contributed by atoms with van der Waals surface area (Å²) in [6.07, 6.45) is 5.36. The van der Waals surface area contributed by atoms with Crippen LogP contribution >= 0.6 is 11.8 Å². The van der Waals surface area contributed by atoms with E-state index in [1.807, 2.05) is 18.7 Å². The van der Waals surface area contributed by atoms with Crippen LogP contribution in [0.15, 0.2) is 6.20 Å². The van der Waals surface area contributed by atoms with E-state index in [0.29, 0.717) is 19.0 Å². The molecule has 1 aromatic rings. The van der Waals surface area contributed by atoms with Gasteiger partial charge in [0.25, 0.3) is 0 Å². The second-order valence-corrected chi connectivity index (χ2v) is 5.64. The van der Waals surface area contributed by atoms with E-state index in [1.54, 1.807) is 0 Å². The molecule has 0 spiro atoms. The highest BCUT2D eigenvalue weighted by molar-refractivity contribution is 8.00. The fourth-order valence-electron chi connectivity index (χ4n) is 1.84. The fraction of sp³-hybridized carbons (Fsp3) is 0.692. The van der Waals surface area contributed by atoms with E-state index in [1.165, 1.54) is 6.20 Å². The molecule has 0 unspecified atom stereocenters. The van der Waals surface area contributed by atoms with Gasteiger partial charge in [-0.2, -0.15) is 16.7 Å². The van der Waals surface area contributed by atoms with Crippen molar-refractivity contribution in [3.63, 3.8) is 0 Å². The number of hydrogen-bond donors (Lipinski definition) is 2. The Hall–Kier alpha value is -1.04. The molecule has 0 amide bonds. The smallest absolute Gasteiger partial charge is 0.224 e. The molecule has 0 radical (unpaired) electrons. The second-order valence-electron chi connectivity index (χ2n) is 4.37. The summed E-state index contributed by atoms with van der Waals surface area (Å²) >= 11 is 1.81. The van der Waals surface area contributed by atoms with Crippen LogP contribution in [0, 0.1) is 5.82 Å². The largest absolute Gasteiger partial charge is 0.366 e. The molecule has 6 heteroatoms. The van der Waals surface area contributed by atoms with Gasteiger partial charge >= 0.3 is 0 Å². The minimum atomic E-state index is -0.413. The van der Waals surface area contributed by atoms with Crippen LogP contribution in [0.25, 0.3) is 0 Å². The molecular formula is C13H23FN4S. The molecular weight excluding hydrogens is 263 g/mol. The van der Waals surface area contributed by atoms with Crippen molar-refractivity contribution < 1.29 is 4.39 Å². The summed E-state index contributed by atoms with van der Waals surface area (Å²) in [5.74, 6) is 0.310. The minimum absolute atomic E-state index is 0.121. The Morgan fingerprint density at radius 3 is 2.47 bits per heavy atom. The van der Waals surface area contributed by atoms with Gasteiger partial charge in [0.05, 0.1) is 6.20 Å². The molecule has 1 rings (SSSR count). The molecule has 0 aliphatic carbocycles. The molecule has 0 aliphatic rings. The van der Waals surface area contributed by atoms with E-state index in [-0.39, 0.29) is 10.6 Å². The van der Waals surface area contributed by atoms with Gasteiger partial charge in [-0.3, -0.25) is 0 Å². The van der Waals surface area contributed by atoms with E-state index >= 15 is 0 Å². The summed E-state index contributed by atoms with van der Waals surface area (Å²) in [7, 11) is 0. The minimum Gasteiger partial charge on any atom is -0.366 e. The second kappa shape index (κ2) is 7.53. The van der Waals surface area contributed by atoms with Crippen LogP contribution in [-0.4, -0.2) is 34.1 Å². The molecule has 0 fully saturated rings. The lowest BCUT2D eigenvalue weighted by Gasteiger charge is -2.30. The van der Waals surface area contributed by atoms with Gasteiger partial charge in [-0.05, 0) is 26.0 Å². The first-order valence-electron chi connectivity index (χ1n) is 6.66. The number of hydrogen-bond acceptors (Lipinski definition) is 5. The Labute approximate surface area is 119 Å². The Balaban J connectivity index is 2.78. The standard InChI is InChI=1S/C13H23FN4S/c1-5-13(6-2,19-4)9-17-11-10(14)8-16-12(18-11)15-7-3/h8H,5-7,9H2,1-4H3,(H2,15,16,17,18). The van der Waals surface area contributed by atoms with Crippen LogP contribution in [0.4, 0.5) is 16.2 Å². The van der Waals surface area contributed by atoms with E-state index in [4.69, 9.17) is 0 Å². The maximum atomic E-state index is 13.7. The van der Waals surface area contributed by atoms with Crippen molar-refractivity contribution in [2.45, 2.75) is 38.4 Å². The van der Waals surface area contributed by atoms with Gasteiger partial charge in [0.1, 0.15) is 0 Å². The van der Waals surface area contributed by atoms with Gasteiger partial charge in [-0.15, -0.1) is 0 Å². The number of thioether (sulfide) groups is 1. The van der Waals surface area contributed by atoms with Crippen LogP contribution in [0.2, 0.25) is 0 Å². The van der Waals surface area contributed by atoms with Crippen molar-refractivity contribution in [1.29, 1.82) is 0 Å². The zero-order chi connectivity index (χ0) is 14.3. The van der Waals surface area contributed by atoms with Gasteiger partial charge in [0.15, 0.2) is 11.6 Å². The van der Waals surface area contributed by atoms with Gasteiger partial charge in [0.2, 0.25) is 5.95 Å². The third kappa shape index (κ3) is 4.23. The van der Waals surface area contributed by atoms with Gasteiger partial charge < -0.3 is 10.6 Å². The lowest BCUT2D eigenvalue weighted by molar-refractivity contribution is 0.567. The van der Waals surface area contributed by atoms with Gasteiger partial charge in [-0.1, -0.05) is 13.8 Å². The number of nitrogens with zero attached hydrogens (tertiary/aromatic N) is 2. The quantitative estimate of drug-likeness (QED) is 0.767. The van der Waals surface area contributed by atoms with Crippen LogP contribution in [0.5, 0.6) is 0 Å². The highest BCUT2D eigenvalue weighted by Gasteiger charge is 2.25. The maximum Gasteiger partial charge on any atom is 0.224 e. The van der Waals surface area contributed by atoms with Crippen LogP contribution in [0.3, 0.4) is 0 Å². The predicted molar refractivity (Wildman–Crippen MR) is 81.5 cm³/mol. The molecule has 4 nitrogen and oxygen atoms in total. The molecule has 0 saturated carbocycles. The average Bonchev–Trinajstić information content (AvgIpc) is 2.44. The predicted octanol–water partition coefficient (Wildman–Crippen LogP) is 3.38. The lowest BCUT2D eigenvalue weighted by atomic mass is 10.0. The summed E-state index contributed by atoms with van der Waals surface area (Å²) in [5, 5.41) is 6.10. The lowest BCUT2D eigenvalue weighted by Crippen LogP contribution is -2.32. The maximum absolute atomic E-state index is 13.7. The first-order valence-corrected chi connectivity index (χ1v) is 7.88. The van der Waals surface area contributed by atoms with Gasteiger partial charge in [-0.25, -0.2) is 9.37 Å². The molecule has 108 valence electrons. The van der Waals surface area contributed by atoms with Crippen molar-refractivity contribution in [2.75, 3.05) is 30.0 Å². The summed E-state index contributed by atoms with van der Waals surface area (Å²) in [6, 6.07) is 0. The van der Waals surface area contributed by atoms with Crippen molar-refractivity contribution in [3.05, 3.63) is 12.0 Å². The Kier molecular flexibility index (Phi) is 6.34. The van der Waals surface area contributed by atoms with Crippen LogP contribution < -0.4 is 10.6 Å².